The fourth-order valence-electron chi connectivity index (χ4n) is 2.31. The van der Waals surface area contributed by atoms with Crippen molar-refractivity contribution in [3.05, 3.63) is 48.0 Å². The minimum atomic E-state index is -0.402. The van der Waals surface area contributed by atoms with Crippen molar-refractivity contribution in [3.63, 3.8) is 0 Å². The van der Waals surface area contributed by atoms with Crippen LogP contribution >= 0.6 is 0 Å². The van der Waals surface area contributed by atoms with Crippen molar-refractivity contribution in [1.29, 1.82) is 0 Å². The molecule has 0 aliphatic heterocycles. The summed E-state index contributed by atoms with van der Waals surface area (Å²) in [5.74, 6) is 0. The third-order valence-corrected chi connectivity index (χ3v) is 3.57. The Balaban J connectivity index is 2.26. The average Bonchev–Trinajstić information content (AvgIpc) is 2.43. The Morgan fingerprint density at radius 1 is 1.05 bits per heavy atom. The molecule has 1 N–H and O–H groups in total. The summed E-state index contributed by atoms with van der Waals surface area (Å²) in [6.45, 7) is 5.91. The lowest BCUT2D eigenvalue weighted by atomic mass is 10.0. The van der Waals surface area contributed by atoms with E-state index in [0.29, 0.717) is 6.42 Å². The first-order valence-electron chi connectivity index (χ1n) is 7.65. The zero-order valence-electron chi connectivity index (χ0n) is 12.3. The highest BCUT2D eigenvalue weighted by molar-refractivity contribution is 5.24. The predicted octanol–water partition coefficient (Wildman–Crippen LogP) is 5.20. The highest BCUT2D eigenvalue weighted by Crippen LogP contribution is 2.18. The van der Waals surface area contributed by atoms with Crippen LogP contribution < -0.4 is 0 Å². The Morgan fingerprint density at radius 2 is 1.68 bits per heavy atom. The fourth-order valence-corrected chi connectivity index (χ4v) is 2.31. The van der Waals surface area contributed by atoms with Crippen LogP contribution in [-0.4, -0.2) is 5.11 Å². The molecule has 0 fully saturated rings. The van der Waals surface area contributed by atoms with Crippen LogP contribution in [0.1, 0.15) is 69.1 Å². The first-order valence-corrected chi connectivity index (χ1v) is 7.65. The molecule has 1 unspecified atom stereocenters. The zero-order valence-corrected chi connectivity index (χ0v) is 12.3. The average molecular weight is 260 g/mol. The molecule has 0 saturated carbocycles. The summed E-state index contributed by atoms with van der Waals surface area (Å²) >= 11 is 0. The van der Waals surface area contributed by atoms with Gasteiger partial charge in [0.15, 0.2) is 0 Å². The fraction of sp³-hybridized carbons (Fsp3) is 0.556. The van der Waals surface area contributed by atoms with Crippen molar-refractivity contribution in [1.82, 2.24) is 0 Å². The summed E-state index contributed by atoms with van der Waals surface area (Å²) in [6.07, 6.45) is 11.2. The van der Waals surface area contributed by atoms with E-state index in [1.165, 1.54) is 44.1 Å². The number of benzene rings is 1. The van der Waals surface area contributed by atoms with Gasteiger partial charge in [-0.3, -0.25) is 0 Å². The van der Waals surface area contributed by atoms with Gasteiger partial charge in [-0.25, -0.2) is 0 Å². The molecule has 0 bridgehead atoms. The minimum absolute atomic E-state index is 0.402. The quantitative estimate of drug-likeness (QED) is 0.453. The molecule has 0 heterocycles. The van der Waals surface area contributed by atoms with Crippen LogP contribution in [0.25, 0.3) is 0 Å². The molecule has 0 aliphatic carbocycles. The van der Waals surface area contributed by atoms with E-state index in [0.717, 1.165) is 12.0 Å². The third kappa shape index (κ3) is 6.58. The molecule has 0 saturated heterocycles. The molecule has 1 aromatic carbocycles. The van der Waals surface area contributed by atoms with E-state index in [2.05, 4.69) is 25.6 Å². The lowest BCUT2D eigenvalue weighted by molar-refractivity contribution is 0.181. The van der Waals surface area contributed by atoms with Gasteiger partial charge in [0.1, 0.15) is 0 Å². The molecule has 1 aromatic rings. The molecule has 106 valence electrons. The van der Waals surface area contributed by atoms with Gasteiger partial charge in [0.25, 0.3) is 0 Å². The van der Waals surface area contributed by atoms with Crippen molar-refractivity contribution in [3.8, 4) is 0 Å². The Bertz CT molecular complexity index is 339. The second-order valence-corrected chi connectivity index (χ2v) is 5.30. The van der Waals surface area contributed by atoms with E-state index >= 15 is 0 Å². The maximum Gasteiger partial charge on any atom is 0.0824 e. The highest BCUT2D eigenvalue weighted by atomic mass is 16.3. The first-order chi connectivity index (χ1) is 9.27. The van der Waals surface area contributed by atoms with Gasteiger partial charge in [0.2, 0.25) is 0 Å². The third-order valence-electron chi connectivity index (χ3n) is 3.57. The number of unbranched alkanes of at least 4 members (excludes halogenated alkanes) is 5. The van der Waals surface area contributed by atoms with Crippen LogP contribution in [-0.2, 0) is 6.42 Å². The first kappa shape index (κ1) is 16.0. The van der Waals surface area contributed by atoms with Gasteiger partial charge >= 0.3 is 0 Å². The molecule has 0 aliphatic rings. The Hall–Kier alpha value is -1.08. The second kappa shape index (κ2) is 9.80. The molecule has 1 heteroatoms. The number of aliphatic hydroxyl groups is 1. The number of rotatable bonds is 10. The van der Waals surface area contributed by atoms with Crippen molar-refractivity contribution in [2.24, 2.45) is 0 Å². The topological polar surface area (TPSA) is 20.2 Å². The molecule has 19 heavy (non-hydrogen) atoms. The lowest BCUT2D eigenvalue weighted by Gasteiger charge is -2.09. The molecular formula is C18H28O. The van der Waals surface area contributed by atoms with E-state index in [4.69, 9.17) is 0 Å². The summed E-state index contributed by atoms with van der Waals surface area (Å²) in [4.78, 5) is 0. The van der Waals surface area contributed by atoms with Crippen LogP contribution in [0.15, 0.2) is 36.9 Å². The molecule has 0 radical (unpaired) electrons. The van der Waals surface area contributed by atoms with Crippen molar-refractivity contribution in [2.45, 2.75) is 64.4 Å². The SMILES string of the molecule is C=CCC(O)c1ccc(CCCCCCCC)cc1. The van der Waals surface area contributed by atoms with Crippen LogP contribution in [0.2, 0.25) is 0 Å². The lowest BCUT2D eigenvalue weighted by Crippen LogP contribution is -1.96. The van der Waals surface area contributed by atoms with Gasteiger partial charge in [0, 0.05) is 0 Å². The zero-order chi connectivity index (χ0) is 13.9. The van der Waals surface area contributed by atoms with Crippen molar-refractivity contribution >= 4 is 0 Å². The minimum Gasteiger partial charge on any atom is -0.388 e. The molecule has 0 amide bonds. The highest BCUT2D eigenvalue weighted by Gasteiger charge is 2.04. The normalized spacial score (nSPS) is 12.3. The van der Waals surface area contributed by atoms with Gasteiger partial charge in [-0.05, 0) is 30.4 Å². The van der Waals surface area contributed by atoms with E-state index in [1.807, 2.05) is 12.1 Å². The monoisotopic (exact) mass is 260 g/mol. The summed E-state index contributed by atoms with van der Waals surface area (Å²) in [5, 5.41) is 9.84. The molecule has 0 spiro atoms. The van der Waals surface area contributed by atoms with Crippen molar-refractivity contribution < 1.29 is 5.11 Å². The molecule has 0 aromatic heterocycles. The van der Waals surface area contributed by atoms with Gasteiger partial charge in [-0.15, -0.1) is 6.58 Å². The van der Waals surface area contributed by atoms with Crippen molar-refractivity contribution in [2.75, 3.05) is 0 Å². The molecular weight excluding hydrogens is 232 g/mol. The number of aryl methyl sites for hydroxylation is 1. The van der Waals surface area contributed by atoms with Crippen LogP contribution in [0.3, 0.4) is 0 Å². The van der Waals surface area contributed by atoms with Crippen LogP contribution in [0.5, 0.6) is 0 Å². The number of aliphatic hydroxyl groups excluding tert-OH is 1. The summed E-state index contributed by atoms with van der Waals surface area (Å²) in [6, 6.07) is 8.38. The van der Waals surface area contributed by atoms with Gasteiger partial charge in [0.05, 0.1) is 6.10 Å². The maximum atomic E-state index is 9.84. The Morgan fingerprint density at radius 3 is 2.32 bits per heavy atom. The largest absolute Gasteiger partial charge is 0.388 e. The maximum absolute atomic E-state index is 9.84. The van der Waals surface area contributed by atoms with E-state index < -0.39 is 6.10 Å². The van der Waals surface area contributed by atoms with Gasteiger partial charge < -0.3 is 5.11 Å². The van der Waals surface area contributed by atoms with Gasteiger partial charge in [-0.2, -0.15) is 0 Å². The smallest absolute Gasteiger partial charge is 0.0824 e. The van der Waals surface area contributed by atoms with E-state index in [-0.39, 0.29) is 0 Å². The summed E-state index contributed by atoms with van der Waals surface area (Å²) < 4.78 is 0. The Kier molecular flexibility index (Phi) is 8.24. The standard InChI is InChI=1S/C18H28O/c1-3-5-6-7-8-9-11-16-12-14-17(15-13-16)18(19)10-4-2/h4,12-15,18-19H,2-3,5-11H2,1H3. The molecule has 1 rings (SSSR count). The Labute approximate surface area is 118 Å². The summed E-state index contributed by atoms with van der Waals surface area (Å²) in [7, 11) is 0. The molecule has 1 nitrogen and oxygen atoms in total. The number of hydrogen-bond donors (Lipinski definition) is 1. The van der Waals surface area contributed by atoms with E-state index in [9.17, 15) is 5.11 Å². The van der Waals surface area contributed by atoms with Crippen LogP contribution in [0, 0.1) is 0 Å². The summed E-state index contributed by atoms with van der Waals surface area (Å²) in [5.41, 5.74) is 2.37. The molecule has 1 atom stereocenters. The number of hydrogen-bond acceptors (Lipinski definition) is 1. The van der Waals surface area contributed by atoms with Crippen LogP contribution in [0.4, 0.5) is 0 Å². The second-order valence-electron chi connectivity index (χ2n) is 5.30. The predicted molar refractivity (Wildman–Crippen MR) is 83.3 cm³/mol. The van der Waals surface area contributed by atoms with E-state index in [1.54, 1.807) is 6.08 Å². The van der Waals surface area contributed by atoms with Gasteiger partial charge in [-0.1, -0.05) is 69.4 Å².